The highest BCUT2D eigenvalue weighted by Gasteiger charge is 2.17. The summed E-state index contributed by atoms with van der Waals surface area (Å²) in [4.78, 5) is 11.2. The van der Waals surface area contributed by atoms with Crippen molar-refractivity contribution in [2.45, 2.75) is 6.42 Å². The Hall–Kier alpha value is -2.41. The molecular formula is C11H7ClN4O3. The highest BCUT2D eigenvalue weighted by Crippen LogP contribution is 2.18. The Morgan fingerprint density at radius 1 is 1.53 bits per heavy atom. The standard InChI is InChI=1S/C11H7ClN4O3/c12-7-1-2-8-9(4-7)15-11(14-16(8)19)6(5-13-15)3-10(17)18/h1-2,4-5H,3H2,(H,17,18). The smallest absolute Gasteiger partial charge is 0.308 e. The predicted molar refractivity (Wildman–Crippen MR) is 65.8 cm³/mol. The van der Waals surface area contributed by atoms with Gasteiger partial charge in [0.05, 0.1) is 12.6 Å². The molecule has 3 aromatic rings. The molecule has 0 radical (unpaired) electrons. The van der Waals surface area contributed by atoms with E-state index in [1.54, 1.807) is 12.1 Å². The van der Waals surface area contributed by atoms with Crippen LogP contribution in [-0.2, 0) is 11.2 Å². The van der Waals surface area contributed by atoms with E-state index >= 15 is 0 Å². The molecule has 96 valence electrons. The van der Waals surface area contributed by atoms with Crippen LogP contribution in [-0.4, -0.2) is 25.8 Å². The Kier molecular flexibility index (Phi) is 2.49. The fraction of sp³-hybridized carbons (Fsp3) is 0.0909. The molecule has 0 aliphatic rings. The van der Waals surface area contributed by atoms with Gasteiger partial charge in [0.25, 0.3) is 5.52 Å². The second kappa shape index (κ2) is 4.06. The van der Waals surface area contributed by atoms with Gasteiger partial charge in [0, 0.05) is 21.8 Å². The van der Waals surface area contributed by atoms with Crippen LogP contribution in [0.1, 0.15) is 5.56 Å². The van der Waals surface area contributed by atoms with Gasteiger partial charge in [-0.2, -0.15) is 5.10 Å². The summed E-state index contributed by atoms with van der Waals surface area (Å²) in [6.45, 7) is 0. The molecule has 0 unspecified atom stereocenters. The third-order valence-electron chi connectivity index (χ3n) is 2.72. The van der Waals surface area contributed by atoms with Crippen molar-refractivity contribution < 1.29 is 14.7 Å². The number of nitrogens with zero attached hydrogens (tertiary/aromatic N) is 4. The summed E-state index contributed by atoms with van der Waals surface area (Å²) >= 11 is 5.90. The number of benzene rings is 1. The second-order valence-electron chi connectivity index (χ2n) is 3.98. The van der Waals surface area contributed by atoms with Crippen LogP contribution in [0.3, 0.4) is 0 Å². The molecule has 0 saturated carbocycles. The number of fused-ring (bicyclic) bond motifs is 3. The van der Waals surface area contributed by atoms with Gasteiger partial charge in [0.15, 0.2) is 0 Å². The van der Waals surface area contributed by atoms with E-state index in [1.807, 2.05) is 0 Å². The first kappa shape index (κ1) is 11.7. The predicted octanol–water partition coefficient (Wildman–Crippen LogP) is 0.796. The number of rotatable bonds is 2. The van der Waals surface area contributed by atoms with Gasteiger partial charge in [-0.05, 0) is 17.0 Å². The van der Waals surface area contributed by atoms with E-state index in [0.717, 1.165) is 0 Å². The third kappa shape index (κ3) is 1.84. The van der Waals surface area contributed by atoms with E-state index < -0.39 is 5.97 Å². The number of halogens is 1. The first-order valence-electron chi connectivity index (χ1n) is 5.34. The third-order valence-corrected chi connectivity index (χ3v) is 2.95. The lowest BCUT2D eigenvalue weighted by Crippen LogP contribution is -2.33. The lowest BCUT2D eigenvalue weighted by molar-refractivity contribution is -0.640. The number of hydrogen-bond donors (Lipinski definition) is 1. The summed E-state index contributed by atoms with van der Waals surface area (Å²) in [5, 5.41) is 28.9. The molecule has 0 aliphatic heterocycles. The minimum Gasteiger partial charge on any atom is -0.594 e. The fourth-order valence-corrected chi connectivity index (χ4v) is 2.08. The molecule has 1 N–H and O–H groups in total. The highest BCUT2D eigenvalue weighted by atomic mass is 35.5. The van der Waals surface area contributed by atoms with Gasteiger partial charge in [-0.3, -0.25) is 4.79 Å². The van der Waals surface area contributed by atoms with Crippen LogP contribution in [0.25, 0.3) is 16.7 Å². The summed E-state index contributed by atoms with van der Waals surface area (Å²) in [6.07, 6.45) is 1.14. The molecule has 0 bridgehead atoms. The zero-order chi connectivity index (χ0) is 13.6. The van der Waals surface area contributed by atoms with Crippen LogP contribution < -0.4 is 4.85 Å². The molecule has 0 fully saturated rings. The van der Waals surface area contributed by atoms with E-state index in [9.17, 15) is 10.0 Å². The average molecular weight is 279 g/mol. The highest BCUT2D eigenvalue weighted by molar-refractivity contribution is 6.31. The molecule has 2 aromatic heterocycles. The Balaban J connectivity index is 2.38. The number of carbonyl (C=O) groups is 1. The first-order valence-corrected chi connectivity index (χ1v) is 5.71. The molecular weight excluding hydrogens is 272 g/mol. The lowest BCUT2D eigenvalue weighted by atomic mass is 10.2. The van der Waals surface area contributed by atoms with Crippen molar-refractivity contribution >= 4 is 34.3 Å². The molecule has 1 aromatic carbocycles. The van der Waals surface area contributed by atoms with Crippen LogP contribution in [0.15, 0.2) is 24.4 Å². The van der Waals surface area contributed by atoms with Gasteiger partial charge < -0.3 is 10.3 Å². The summed E-state index contributed by atoms with van der Waals surface area (Å²) in [5.74, 6) is -1.01. The summed E-state index contributed by atoms with van der Waals surface area (Å²) < 4.78 is 1.41. The summed E-state index contributed by atoms with van der Waals surface area (Å²) in [5.41, 5.74) is 1.37. The van der Waals surface area contributed by atoms with Gasteiger partial charge in [-0.15, -0.1) is 0 Å². The van der Waals surface area contributed by atoms with Gasteiger partial charge in [-0.1, -0.05) is 11.6 Å². The monoisotopic (exact) mass is 278 g/mol. The van der Waals surface area contributed by atoms with Crippen molar-refractivity contribution in [1.29, 1.82) is 0 Å². The van der Waals surface area contributed by atoms with Crippen molar-refractivity contribution in [2.75, 3.05) is 0 Å². The number of aromatic nitrogens is 4. The minimum atomic E-state index is -1.01. The fourth-order valence-electron chi connectivity index (χ4n) is 1.91. The van der Waals surface area contributed by atoms with E-state index in [0.29, 0.717) is 26.5 Å². The Bertz CT molecular complexity index is 814. The normalized spacial score (nSPS) is 11.2. The zero-order valence-corrected chi connectivity index (χ0v) is 10.2. The molecule has 0 aliphatic carbocycles. The number of aliphatic carboxylic acids is 1. The van der Waals surface area contributed by atoms with Crippen LogP contribution in [0.5, 0.6) is 0 Å². The van der Waals surface area contributed by atoms with Crippen LogP contribution in [0.2, 0.25) is 5.02 Å². The Morgan fingerprint density at radius 3 is 3.05 bits per heavy atom. The van der Waals surface area contributed by atoms with Gasteiger partial charge >= 0.3 is 5.97 Å². The largest absolute Gasteiger partial charge is 0.594 e. The molecule has 7 nitrogen and oxygen atoms in total. The van der Waals surface area contributed by atoms with Crippen LogP contribution >= 0.6 is 11.6 Å². The molecule has 2 heterocycles. The maximum absolute atomic E-state index is 11.8. The van der Waals surface area contributed by atoms with E-state index in [4.69, 9.17) is 16.7 Å². The SMILES string of the molecule is O=C(O)Cc1cnn2c1n[n+]([O-])c1ccc(Cl)cc12. The number of hydrogen-bond acceptors (Lipinski definition) is 4. The molecule has 0 saturated heterocycles. The summed E-state index contributed by atoms with van der Waals surface area (Å²) in [6, 6.07) is 4.70. The minimum absolute atomic E-state index is 0.215. The molecule has 0 amide bonds. The second-order valence-corrected chi connectivity index (χ2v) is 4.42. The molecule has 3 rings (SSSR count). The average Bonchev–Trinajstić information content (AvgIpc) is 2.72. The summed E-state index contributed by atoms with van der Waals surface area (Å²) in [7, 11) is 0. The van der Waals surface area contributed by atoms with Crippen molar-refractivity contribution in [3.05, 3.63) is 40.2 Å². The van der Waals surface area contributed by atoms with Crippen molar-refractivity contribution in [3.8, 4) is 0 Å². The van der Waals surface area contributed by atoms with Crippen LogP contribution in [0.4, 0.5) is 0 Å². The first-order chi connectivity index (χ1) is 9.06. The van der Waals surface area contributed by atoms with Crippen molar-refractivity contribution in [2.24, 2.45) is 0 Å². The maximum Gasteiger partial charge on any atom is 0.308 e. The molecule has 0 spiro atoms. The molecule has 0 atom stereocenters. The Labute approximate surface area is 111 Å². The van der Waals surface area contributed by atoms with Crippen molar-refractivity contribution in [3.63, 3.8) is 0 Å². The van der Waals surface area contributed by atoms with E-state index in [1.165, 1.54) is 16.8 Å². The van der Waals surface area contributed by atoms with E-state index in [2.05, 4.69) is 10.2 Å². The van der Waals surface area contributed by atoms with Crippen LogP contribution in [0, 0.1) is 5.21 Å². The quantitative estimate of drug-likeness (QED) is 0.552. The maximum atomic E-state index is 11.8. The Morgan fingerprint density at radius 2 is 2.32 bits per heavy atom. The topological polar surface area (TPSA) is 94.4 Å². The van der Waals surface area contributed by atoms with E-state index in [-0.39, 0.29) is 12.1 Å². The van der Waals surface area contributed by atoms with Gasteiger partial charge in [0.2, 0.25) is 5.65 Å². The molecule has 8 heteroatoms. The number of carboxylic acids is 1. The zero-order valence-electron chi connectivity index (χ0n) is 9.45. The van der Waals surface area contributed by atoms with Gasteiger partial charge in [0.1, 0.15) is 5.52 Å². The lowest BCUT2D eigenvalue weighted by Gasteiger charge is -2.02. The van der Waals surface area contributed by atoms with Crippen molar-refractivity contribution in [1.82, 2.24) is 14.7 Å². The number of carboxylic acid groups (broad SMARTS) is 1. The molecule has 19 heavy (non-hydrogen) atoms. The van der Waals surface area contributed by atoms with Gasteiger partial charge in [-0.25, -0.2) is 4.52 Å².